The molecule has 1 heterocycles. The average Bonchev–Trinajstić information content (AvgIpc) is 3.66. The van der Waals surface area contributed by atoms with Crippen LogP contribution in [0.25, 0.3) is 0 Å². The number of nitrogens with one attached hydrogen (secondary N) is 2. The van der Waals surface area contributed by atoms with Crippen LogP contribution in [0.5, 0.6) is 5.75 Å². The van der Waals surface area contributed by atoms with E-state index in [1.54, 1.807) is 30.3 Å². The van der Waals surface area contributed by atoms with Gasteiger partial charge in [-0.2, -0.15) is 0 Å². The maximum atomic E-state index is 15.0. The second-order valence-corrected chi connectivity index (χ2v) is 13.9. The number of aliphatic imine (C=N–C) groups is 1. The van der Waals surface area contributed by atoms with Crippen LogP contribution in [0.2, 0.25) is 0 Å². The monoisotopic (exact) mass is 766 g/mol. The summed E-state index contributed by atoms with van der Waals surface area (Å²) in [6.07, 6.45) is -0.612. The minimum absolute atomic E-state index is 0.00996. The molecule has 1 aliphatic heterocycles. The molecule has 18 nitrogen and oxygen atoms in total. The van der Waals surface area contributed by atoms with Crippen LogP contribution in [0, 0.1) is 10.1 Å². The van der Waals surface area contributed by atoms with Gasteiger partial charge in [0.05, 0.1) is 23.5 Å². The minimum atomic E-state index is -5.18. The number of nitro groups is 1. The second kappa shape index (κ2) is 18.1. The van der Waals surface area contributed by atoms with Crippen molar-refractivity contribution in [2.75, 3.05) is 39.1 Å². The summed E-state index contributed by atoms with van der Waals surface area (Å²) in [5.41, 5.74) is 8.15. The highest BCUT2D eigenvalue weighted by Gasteiger charge is 2.60. The zero-order valence-corrected chi connectivity index (χ0v) is 30.5. The number of amides is 3. The molecule has 1 fully saturated rings. The van der Waals surface area contributed by atoms with E-state index >= 15 is 4.79 Å². The smallest absolute Gasteiger partial charge is 0.343 e. The van der Waals surface area contributed by atoms with E-state index in [4.69, 9.17) is 20.9 Å². The van der Waals surface area contributed by atoms with Crippen molar-refractivity contribution in [1.82, 2.24) is 14.5 Å². The number of nitrogens with two attached hydrogens (primary N) is 2. The zero-order valence-electron chi connectivity index (χ0n) is 29.7. The molecule has 3 amide bonds. The number of hydrogen-bond acceptors (Lipinski definition) is 12. The van der Waals surface area contributed by atoms with Gasteiger partial charge in [-0.25, -0.2) is 17.5 Å². The lowest BCUT2D eigenvalue weighted by Crippen LogP contribution is -2.68. The number of ether oxygens (including phenoxy) is 2. The molecule has 54 heavy (non-hydrogen) atoms. The number of anilines is 1. The van der Waals surface area contributed by atoms with Gasteiger partial charge in [-0.05, 0) is 74.7 Å². The third-order valence-electron chi connectivity index (χ3n) is 8.58. The molecule has 0 unspecified atom stereocenters. The fourth-order valence-corrected chi connectivity index (χ4v) is 7.65. The van der Waals surface area contributed by atoms with E-state index in [0.29, 0.717) is 12.0 Å². The maximum Gasteiger partial charge on any atom is 0.343 e. The van der Waals surface area contributed by atoms with Crippen molar-refractivity contribution in [1.29, 1.82) is 0 Å². The predicted octanol–water partition coefficient (Wildman–Crippen LogP) is 1.51. The highest BCUT2D eigenvalue weighted by molar-refractivity contribution is 7.89. The Balaban J connectivity index is 2.00. The highest BCUT2D eigenvalue weighted by Crippen LogP contribution is 2.36. The van der Waals surface area contributed by atoms with Crippen LogP contribution < -0.4 is 26.8 Å². The number of nitrogens with zero attached hydrogens (tertiary/aromatic N) is 4. The molecule has 4 rings (SSSR count). The average molecular weight is 767 g/mol. The Kier molecular flexibility index (Phi) is 13.6. The van der Waals surface area contributed by atoms with Gasteiger partial charge < -0.3 is 36.5 Å². The summed E-state index contributed by atoms with van der Waals surface area (Å²) in [6, 6.07) is 16.4. The Morgan fingerprint density at radius 2 is 1.70 bits per heavy atom. The van der Waals surface area contributed by atoms with Crippen LogP contribution in [0.4, 0.5) is 11.4 Å². The van der Waals surface area contributed by atoms with Crippen LogP contribution >= 0.6 is 0 Å². The molecule has 0 aromatic heterocycles. The topological polar surface area (TPSA) is 259 Å². The summed E-state index contributed by atoms with van der Waals surface area (Å²) in [6.45, 7) is -0.723. The second-order valence-electron chi connectivity index (χ2n) is 12.1. The lowest BCUT2D eigenvalue weighted by atomic mass is 9.90. The van der Waals surface area contributed by atoms with E-state index in [9.17, 15) is 32.9 Å². The van der Waals surface area contributed by atoms with Crippen LogP contribution in [-0.4, -0.2) is 97.6 Å². The zero-order chi connectivity index (χ0) is 39.5. The largest absolute Gasteiger partial charge is 0.497 e. The number of nitro benzene ring substituents is 1. The van der Waals surface area contributed by atoms with Gasteiger partial charge in [-0.3, -0.25) is 29.5 Å². The summed E-state index contributed by atoms with van der Waals surface area (Å²) < 4.78 is 41.1. The van der Waals surface area contributed by atoms with Gasteiger partial charge in [0.1, 0.15) is 18.4 Å². The van der Waals surface area contributed by atoms with Crippen molar-refractivity contribution in [3.05, 3.63) is 94.5 Å². The molecule has 1 aliphatic rings. The van der Waals surface area contributed by atoms with Gasteiger partial charge >= 0.3 is 5.97 Å². The summed E-state index contributed by atoms with van der Waals surface area (Å²) in [4.78, 5) is 73.2. The molecule has 2 atom stereocenters. The fraction of sp³-hybridized carbons (Fsp3) is 0.343. The number of rotatable bonds is 17. The fourth-order valence-electron chi connectivity index (χ4n) is 5.95. The van der Waals surface area contributed by atoms with Gasteiger partial charge in [0.2, 0.25) is 11.4 Å². The number of hydrogen-bond donors (Lipinski definition) is 4. The number of likely N-dealkylation sites (tertiary alicyclic amines) is 1. The first-order chi connectivity index (χ1) is 25.8. The Hall–Kier alpha value is -6.08. The number of esters is 1. The number of benzene rings is 3. The Bertz CT molecular complexity index is 1960. The lowest BCUT2D eigenvalue weighted by molar-refractivity contribution is -0.384. The number of guanidine groups is 1. The van der Waals surface area contributed by atoms with Crippen molar-refractivity contribution in [3.8, 4) is 5.75 Å². The summed E-state index contributed by atoms with van der Waals surface area (Å²) in [5.74, 6) is -4.57. The van der Waals surface area contributed by atoms with Crippen LogP contribution in [0.1, 0.15) is 31.2 Å². The van der Waals surface area contributed by atoms with E-state index in [2.05, 4.69) is 15.6 Å². The SMILES string of the molecule is CNCC(=O)N1CCC[C@H]1C(=O)N([C@@](CCCN=C(N)N)(C(=O)Nc1ccc([N+](=O)[O-])cc1)C(=O)OCc1ccccc1)S(=O)(=O)c1ccc(OC)cc1. The van der Waals surface area contributed by atoms with E-state index in [0.717, 1.165) is 24.3 Å². The number of non-ortho nitro benzene ring substituents is 1. The van der Waals surface area contributed by atoms with Gasteiger partial charge in [-0.15, -0.1) is 0 Å². The molecule has 0 aliphatic carbocycles. The molecule has 288 valence electrons. The summed E-state index contributed by atoms with van der Waals surface area (Å²) >= 11 is 0. The Morgan fingerprint density at radius 1 is 1.04 bits per heavy atom. The van der Waals surface area contributed by atoms with Gasteiger partial charge in [0.25, 0.3) is 27.5 Å². The van der Waals surface area contributed by atoms with Crippen molar-refractivity contribution < 1.29 is 42.0 Å². The van der Waals surface area contributed by atoms with Gasteiger partial charge in [0, 0.05) is 30.9 Å². The molecule has 0 saturated carbocycles. The van der Waals surface area contributed by atoms with Crippen LogP contribution in [0.15, 0.2) is 88.8 Å². The van der Waals surface area contributed by atoms with E-state index in [1.165, 1.54) is 43.3 Å². The predicted molar refractivity (Wildman–Crippen MR) is 196 cm³/mol. The molecule has 0 spiro atoms. The molecule has 1 saturated heterocycles. The molecular weight excluding hydrogens is 724 g/mol. The summed E-state index contributed by atoms with van der Waals surface area (Å²) in [5, 5.41) is 16.5. The molecule has 0 radical (unpaired) electrons. The summed E-state index contributed by atoms with van der Waals surface area (Å²) in [7, 11) is -2.29. The number of methoxy groups -OCH3 is 1. The molecule has 0 bridgehead atoms. The minimum Gasteiger partial charge on any atom is -0.497 e. The van der Waals surface area contributed by atoms with E-state index in [-0.39, 0.29) is 59.9 Å². The standard InChI is InChI=1S/C35H42N8O10S/c1-38-22-30(44)41-21-6-10-29(41)31(45)42(54(50,51)28-17-15-27(52-2)16-18-28)35(19-7-20-39-34(36)37,33(47)53-23-24-8-4-3-5-9-24)32(46)40-25-11-13-26(14-12-25)43(48)49/h3-5,8-9,11-18,29,38H,6-7,10,19-23H2,1-2H3,(H,40,46)(H4,36,37,39)/t29-,35-/m0/s1. The third kappa shape index (κ3) is 9.28. The van der Waals surface area contributed by atoms with E-state index < -0.39 is 68.1 Å². The van der Waals surface area contributed by atoms with Crippen LogP contribution in [0.3, 0.4) is 0 Å². The number of carbonyl (C=O) groups is 4. The number of sulfonamides is 1. The number of carbonyl (C=O) groups excluding carboxylic acids is 4. The first-order valence-electron chi connectivity index (χ1n) is 16.8. The molecule has 19 heteroatoms. The van der Waals surface area contributed by atoms with Gasteiger partial charge in [0.15, 0.2) is 5.96 Å². The van der Waals surface area contributed by atoms with Crippen molar-refractivity contribution in [2.24, 2.45) is 16.5 Å². The normalized spacial score (nSPS) is 15.0. The molecular formula is C35H42N8O10S. The van der Waals surface area contributed by atoms with Crippen molar-refractivity contribution in [2.45, 2.75) is 48.8 Å². The van der Waals surface area contributed by atoms with Gasteiger partial charge in [-0.1, -0.05) is 30.3 Å². The first-order valence-corrected chi connectivity index (χ1v) is 18.2. The van der Waals surface area contributed by atoms with Crippen molar-refractivity contribution >= 4 is 51.0 Å². The number of likely N-dealkylation sites (N-methyl/N-ethyl adjacent to an activating group) is 1. The molecule has 6 N–H and O–H groups in total. The third-order valence-corrected chi connectivity index (χ3v) is 10.4. The first kappa shape index (κ1) is 40.7. The van der Waals surface area contributed by atoms with E-state index in [1.807, 2.05) is 0 Å². The molecule has 3 aromatic rings. The maximum absolute atomic E-state index is 15.0. The Morgan fingerprint density at radius 3 is 2.30 bits per heavy atom. The van der Waals surface area contributed by atoms with Crippen molar-refractivity contribution in [3.63, 3.8) is 0 Å². The van der Waals surface area contributed by atoms with Crippen LogP contribution in [-0.2, 0) is 40.5 Å². The highest BCUT2D eigenvalue weighted by atomic mass is 32.2. The lowest BCUT2D eigenvalue weighted by Gasteiger charge is -2.41. The molecule has 3 aromatic carbocycles. The quantitative estimate of drug-likeness (QED) is 0.0289. The Labute approximate surface area is 311 Å².